The first-order valence-electron chi connectivity index (χ1n) is 7.61. The number of hydrogen-bond acceptors (Lipinski definition) is 3. The molecular weight excluding hydrogens is 266 g/mol. The number of esters is 1. The molecule has 1 aliphatic carbocycles. The van der Waals surface area contributed by atoms with Gasteiger partial charge in [-0.3, -0.25) is 9.59 Å². The Morgan fingerprint density at radius 1 is 1.19 bits per heavy atom. The van der Waals surface area contributed by atoms with E-state index in [-0.39, 0.29) is 24.3 Å². The normalized spacial score (nSPS) is 14.9. The van der Waals surface area contributed by atoms with E-state index >= 15 is 0 Å². The summed E-state index contributed by atoms with van der Waals surface area (Å²) >= 11 is 0. The molecule has 21 heavy (non-hydrogen) atoms. The summed E-state index contributed by atoms with van der Waals surface area (Å²) in [6, 6.07) is 10.0. The zero-order valence-electron chi connectivity index (χ0n) is 12.6. The molecule has 4 heteroatoms. The summed E-state index contributed by atoms with van der Waals surface area (Å²) in [5.41, 5.74) is 1.02. The SMILES string of the molecule is COC(=O)CCN(C(=O)Cc1ccccc1)C1CCCC1. The highest BCUT2D eigenvalue weighted by Gasteiger charge is 2.26. The van der Waals surface area contributed by atoms with Gasteiger partial charge in [-0.15, -0.1) is 0 Å². The van der Waals surface area contributed by atoms with Crippen LogP contribution in [0.15, 0.2) is 30.3 Å². The zero-order chi connectivity index (χ0) is 15.1. The van der Waals surface area contributed by atoms with Crippen molar-refractivity contribution in [2.45, 2.75) is 44.6 Å². The molecular formula is C17H23NO3. The lowest BCUT2D eigenvalue weighted by molar-refractivity contribution is -0.142. The Morgan fingerprint density at radius 2 is 1.86 bits per heavy atom. The maximum Gasteiger partial charge on any atom is 0.307 e. The van der Waals surface area contributed by atoms with Gasteiger partial charge in [-0.2, -0.15) is 0 Å². The molecule has 0 aliphatic heterocycles. The van der Waals surface area contributed by atoms with Crippen molar-refractivity contribution in [1.29, 1.82) is 0 Å². The lowest BCUT2D eigenvalue weighted by Crippen LogP contribution is -2.41. The van der Waals surface area contributed by atoms with Crippen LogP contribution < -0.4 is 0 Å². The number of ether oxygens (including phenoxy) is 1. The molecule has 1 fully saturated rings. The molecule has 1 aromatic rings. The molecule has 4 nitrogen and oxygen atoms in total. The summed E-state index contributed by atoms with van der Waals surface area (Å²) in [6.45, 7) is 0.461. The van der Waals surface area contributed by atoms with Crippen LogP contribution >= 0.6 is 0 Å². The van der Waals surface area contributed by atoms with Gasteiger partial charge >= 0.3 is 5.97 Å². The molecule has 0 atom stereocenters. The summed E-state index contributed by atoms with van der Waals surface area (Å²) in [6.07, 6.45) is 5.09. The Morgan fingerprint density at radius 3 is 2.48 bits per heavy atom. The fourth-order valence-corrected chi connectivity index (χ4v) is 2.91. The van der Waals surface area contributed by atoms with Crippen molar-refractivity contribution in [3.05, 3.63) is 35.9 Å². The first-order valence-corrected chi connectivity index (χ1v) is 7.61. The second-order valence-electron chi connectivity index (χ2n) is 5.51. The number of amides is 1. The Kier molecular flexibility index (Phi) is 5.78. The van der Waals surface area contributed by atoms with Crippen LogP contribution in [0, 0.1) is 0 Å². The third-order valence-corrected chi connectivity index (χ3v) is 4.07. The summed E-state index contributed by atoms with van der Waals surface area (Å²) in [5, 5.41) is 0. The van der Waals surface area contributed by atoms with Crippen LogP contribution in [-0.2, 0) is 20.7 Å². The molecule has 1 aromatic carbocycles. The minimum Gasteiger partial charge on any atom is -0.469 e. The quantitative estimate of drug-likeness (QED) is 0.756. The van der Waals surface area contributed by atoms with Crippen LogP contribution in [0.3, 0.4) is 0 Å². The molecule has 0 saturated heterocycles. The topological polar surface area (TPSA) is 46.6 Å². The van der Waals surface area contributed by atoms with Gasteiger partial charge in [-0.1, -0.05) is 43.2 Å². The summed E-state index contributed by atoms with van der Waals surface area (Å²) in [5.74, 6) is -0.150. The molecule has 0 radical (unpaired) electrons. The maximum absolute atomic E-state index is 12.6. The minimum atomic E-state index is -0.259. The average molecular weight is 289 g/mol. The lowest BCUT2D eigenvalue weighted by Gasteiger charge is -2.29. The number of carbonyl (C=O) groups is 2. The minimum absolute atomic E-state index is 0.108. The van der Waals surface area contributed by atoms with E-state index in [1.54, 1.807) is 0 Å². The second-order valence-corrected chi connectivity index (χ2v) is 5.51. The van der Waals surface area contributed by atoms with Gasteiger partial charge in [0.15, 0.2) is 0 Å². The molecule has 0 N–H and O–H groups in total. The van der Waals surface area contributed by atoms with Gasteiger partial charge < -0.3 is 9.64 Å². The molecule has 0 aromatic heterocycles. The van der Waals surface area contributed by atoms with Crippen LogP contribution in [0.4, 0.5) is 0 Å². The molecule has 2 rings (SSSR count). The van der Waals surface area contributed by atoms with E-state index in [0.29, 0.717) is 13.0 Å². The summed E-state index contributed by atoms with van der Waals surface area (Å²) < 4.78 is 4.68. The van der Waals surface area contributed by atoms with Crippen LogP contribution in [0.1, 0.15) is 37.7 Å². The Hall–Kier alpha value is -1.84. The standard InChI is InChI=1S/C17H23NO3/c1-21-17(20)11-12-18(15-9-5-6-10-15)16(19)13-14-7-3-2-4-8-14/h2-4,7-8,15H,5-6,9-13H2,1H3. The fraction of sp³-hybridized carbons (Fsp3) is 0.529. The maximum atomic E-state index is 12.6. The van der Waals surface area contributed by atoms with E-state index in [1.807, 2.05) is 35.2 Å². The molecule has 0 spiro atoms. The van der Waals surface area contributed by atoms with E-state index in [1.165, 1.54) is 7.11 Å². The van der Waals surface area contributed by atoms with Crippen molar-refractivity contribution in [2.75, 3.05) is 13.7 Å². The Bertz CT molecular complexity index is 466. The van der Waals surface area contributed by atoms with Crippen molar-refractivity contribution in [3.63, 3.8) is 0 Å². The number of rotatable bonds is 6. The second kappa shape index (κ2) is 7.81. The van der Waals surface area contributed by atoms with Crippen molar-refractivity contribution >= 4 is 11.9 Å². The molecule has 1 saturated carbocycles. The highest BCUT2D eigenvalue weighted by atomic mass is 16.5. The van der Waals surface area contributed by atoms with E-state index in [2.05, 4.69) is 4.74 Å². The zero-order valence-corrected chi connectivity index (χ0v) is 12.6. The fourth-order valence-electron chi connectivity index (χ4n) is 2.91. The average Bonchev–Trinajstić information content (AvgIpc) is 3.02. The van der Waals surface area contributed by atoms with Crippen LogP contribution in [0.5, 0.6) is 0 Å². The van der Waals surface area contributed by atoms with Gasteiger partial charge in [0.25, 0.3) is 0 Å². The third kappa shape index (κ3) is 4.59. The van der Waals surface area contributed by atoms with Crippen LogP contribution in [-0.4, -0.2) is 36.5 Å². The number of carbonyl (C=O) groups excluding carboxylic acids is 2. The number of hydrogen-bond donors (Lipinski definition) is 0. The molecule has 114 valence electrons. The van der Waals surface area contributed by atoms with Crippen LogP contribution in [0.25, 0.3) is 0 Å². The van der Waals surface area contributed by atoms with Crippen molar-refractivity contribution in [1.82, 2.24) is 4.90 Å². The third-order valence-electron chi connectivity index (χ3n) is 4.07. The molecule has 0 unspecified atom stereocenters. The van der Waals surface area contributed by atoms with E-state index in [4.69, 9.17) is 0 Å². The molecule has 0 bridgehead atoms. The molecule has 1 amide bonds. The smallest absolute Gasteiger partial charge is 0.307 e. The highest BCUT2D eigenvalue weighted by molar-refractivity contribution is 5.80. The van der Waals surface area contributed by atoms with Crippen LogP contribution in [0.2, 0.25) is 0 Å². The van der Waals surface area contributed by atoms with E-state index < -0.39 is 0 Å². The first-order chi connectivity index (χ1) is 10.2. The summed E-state index contributed by atoms with van der Waals surface area (Å²) in [7, 11) is 1.38. The van der Waals surface area contributed by atoms with Crippen molar-refractivity contribution < 1.29 is 14.3 Å². The van der Waals surface area contributed by atoms with Gasteiger partial charge in [-0.05, 0) is 18.4 Å². The lowest BCUT2D eigenvalue weighted by atomic mass is 10.1. The predicted molar refractivity (Wildman–Crippen MR) is 80.7 cm³/mol. The number of methoxy groups -OCH3 is 1. The van der Waals surface area contributed by atoms with Crippen molar-refractivity contribution in [2.24, 2.45) is 0 Å². The monoisotopic (exact) mass is 289 g/mol. The van der Waals surface area contributed by atoms with E-state index in [0.717, 1.165) is 31.2 Å². The molecule has 0 heterocycles. The summed E-state index contributed by atoms with van der Waals surface area (Å²) in [4.78, 5) is 25.8. The van der Waals surface area contributed by atoms with Gasteiger partial charge in [0.2, 0.25) is 5.91 Å². The van der Waals surface area contributed by atoms with Gasteiger partial charge in [0, 0.05) is 12.6 Å². The largest absolute Gasteiger partial charge is 0.469 e. The van der Waals surface area contributed by atoms with Gasteiger partial charge in [0.05, 0.1) is 20.0 Å². The predicted octanol–water partition coefficient (Wildman–Crippen LogP) is 2.56. The van der Waals surface area contributed by atoms with Gasteiger partial charge in [-0.25, -0.2) is 0 Å². The highest BCUT2D eigenvalue weighted by Crippen LogP contribution is 2.24. The Balaban J connectivity index is 1.99. The first kappa shape index (κ1) is 15.5. The van der Waals surface area contributed by atoms with Crippen molar-refractivity contribution in [3.8, 4) is 0 Å². The number of benzene rings is 1. The van der Waals surface area contributed by atoms with Gasteiger partial charge in [0.1, 0.15) is 0 Å². The number of nitrogens with zero attached hydrogens (tertiary/aromatic N) is 1. The Labute approximate surface area is 126 Å². The van der Waals surface area contributed by atoms with E-state index in [9.17, 15) is 9.59 Å². The molecule has 1 aliphatic rings.